The molecule has 2 N–H and O–H groups in total. The largest absolute Gasteiger partial charge is 0.477 e. The zero-order chi connectivity index (χ0) is 23.5. The molecule has 0 aromatic carbocycles. The number of aliphatic hydroxyl groups excluding tert-OH is 1. The number of aliphatic hydroxyl groups is 1. The number of thiophene rings is 1. The number of ketones is 1. The number of carboxylic acids is 1. The Labute approximate surface area is 195 Å². The third-order valence-corrected chi connectivity index (χ3v) is 7.80. The molecular weight excluding hydrogens is 424 g/mol. The highest BCUT2D eigenvalue weighted by atomic mass is 32.1. The lowest BCUT2D eigenvalue weighted by Gasteiger charge is -2.45. The van der Waals surface area contributed by atoms with Crippen LogP contribution in [0.15, 0.2) is 6.07 Å². The van der Waals surface area contributed by atoms with Crippen LogP contribution in [0.3, 0.4) is 0 Å². The Kier molecular flexibility index (Phi) is 7.85. The first-order valence-corrected chi connectivity index (χ1v) is 12.6. The van der Waals surface area contributed by atoms with Crippen molar-refractivity contribution >= 4 is 23.1 Å². The summed E-state index contributed by atoms with van der Waals surface area (Å²) in [6.07, 6.45) is 6.49. The summed E-state index contributed by atoms with van der Waals surface area (Å²) in [4.78, 5) is 27.0. The predicted octanol–water partition coefficient (Wildman–Crippen LogP) is 5.25. The Morgan fingerprint density at radius 1 is 1.28 bits per heavy atom. The van der Waals surface area contributed by atoms with Gasteiger partial charge in [-0.3, -0.25) is 4.79 Å². The van der Waals surface area contributed by atoms with Crippen molar-refractivity contribution < 1.29 is 24.5 Å². The third kappa shape index (κ3) is 5.62. The average Bonchev–Trinajstić information content (AvgIpc) is 3.17. The Balaban J connectivity index is 2.06. The normalized spacial score (nSPS) is 27.1. The van der Waals surface area contributed by atoms with Gasteiger partial charge in [-0.2, -0.15) is 0 Å². The lowest BCUT2D eigenvalue weighted by molar-refractivity contribution is -0.163. The molecule has 1 aromatic heterocycles. The van der Waals surface area contributed by atoms with E-state index in [0.717, 1.165) is 37.0 Å². The van der Waals surface area contributed by atoms with Crippen molar-refractivity contribution in [1.82, 2.24) is 0 Å². The monoisotopic (exact) mass is 460 g/mol. The Hall–Kier alpha value is -1.68. The molecule has 1 aliphatic carbocycles. The molecule has 1 saturated carbocycles. The summed E-state index contributed by atoms with van der Waals surface area (Å²) in [5.41, 5.74) is -0.608. The van der Waals surface area contributed by atoms with Gasteiger partial charge in [0.05, 0.1) is 17.4 Å². The van der Waals surface area contributed by atoms with Gasteiger partial charge in [0.15, 0.2) is 5.78 Å². The minimum atomic E-state index is -1.01. The van der Waals surface area contributed by atoms with Crippen LogP contribution in [-0.4, -0.2) is 40.8 Å². The van der Waals surface area contributed by atoms with Crippen LogP contribution in [-0.2, 0) is 9.53 Å². The first-order valence-electron chi connectivity index (χ1n) is 11.7. The van der Waals surface area contributed by atoms with E-state index < -0.39 is 17.5 Å². The number of carbonyl (C=O) groups is 2. The van der Waals surface area contributed by atoms with E-state index in [2.05, 4.69) is 11.8 Å². The summed E-state index contributed by atoms with van der Waals surface area (Å²) < 4.78 is 6.16. The highest BCUT2D eigenvalue weighted by molar-refractivity contribution is 7.14. The van der Waals surface area contributed by atoms with Crippen molar-refractivity contribution in [2.75, 3.05) is 13.2 Å². The molecule has 0 radical (unpaired) electrons. The fourth-order valence-electron chi connectivity index (χ4n) is 5.04. The molecule has 32 heavy (non-hydrogen) atoms. The first-order chi connectivity index (χ1) is 15.1. The van der Waals surface area contributed by atoms with Gasteiger partial charge in [0.2, 0.25) is 0 Å². The van der Waals surface area contributed by atoms with Gasteiger partial charge in [0.25, 0.3) is 0 Å². The van der Waals surface area contributed by atoms with Gasteiger partial charge in [-0.1, -0.05) is 43.9 Å². The van der Waals surface area contributed by atoms with Crippen LogP contribution in [0, 0.1) is 29.1 Å². The van der Waals surface area contributed by atoms with Gasteiger partial charge in [-0.15, -0.1) is 11.3 Å². The molecule has 1 aliphatic heterocycles. The standard InChI is InChI=1S/C26H36O5S/c1-25(2,3)13-11-18-15-19(22(32-18)24(29)30)21-20(17-9-6-5-7-10-17)16-31-26(4,23(21)28)12-8-14-27/h15,17,20-21,27H,5-10,12,14,16H2,1-4H3,(H,29,30)/t20-,21?,26-/m0/s1. The molecule has 3 atom stereocenters. The van der Waals surface area contributed by atoms with Gasteiger partial charge in [0.1, 0.15) is 10.5 Å². The summed E-state index contributed by atoms with van der Waals surface area (Å²) in [5, 5.41) is 19.3. The highest BCUT2D eigenvalue weighted by Gasteiger charge is 2.50. The van der Waals surface area contributed by atoms with E-state index in [-0.39, 0.29) is 28.6 Å². The zero-order valence-corrected chi connectivity index (χ0v) is 20.5. The number of hydrogen-bond acceptors (Lipinski definition) is 5. The smallest absolute Gasteiger partial charge is 0.346 e. The molecule has 0 bridgehead atoms. The molecule has 3 rings (SSSR count). The number of ether oxygens (including phenoxy) is 1. The second-order valence-electron chi connectivity index (χ2n) is 10.5. The maximum Gasteiger partial charge on any atom is 0.346 e. The minimum absolute atomic E-state index is 0.00564. The van der Waals surface area contributed by atoms with E-state index in [1.165, 1.54) is 6.42 Å². The fourth-order valence-corrected chi connectivity index (χ4v) is 5.94. The van der Waals surface area contributed by atoms with Gasteiger partial charge in [-0.25, -0.2) is 4.79 Å². The molecular formula is C26H36O5S. The summed E-state index contributed by atoms with van der Waals surface area (Å²) in [6, 6.07) is 1.84. The summed E-state index contributed by atoms with van der Waals surface area (Å²) in [5.74, 6) is 5.07. The summed E-state index contributed by atoms with van der Waals surface area (Å²) in [7, 11) is 0. The Bertz CT molecular complexity index is 894. The van der Waals surface area contributed by atoms with E-state index in [9.17, 15) is 19.8 Å². The van der Waals surface area contributed by atoms with E-state index in [4.69, 9.17) is 4.74 Å². The van der Waals surface area contributed by atoms with Crippen LogP contribution in [0.4, 0.5) is 0 Å². The van der Waals surface area contributed by atoms with Gasteiger partial charge in [0, 0.05) is 12.0 Å². The molecule has 0 amide bonds. The van der Waals surface area contributed by atoms with Crippen LogP contribution >= 0.6 is 11.3 Å². The third-order valence-electron chi connectivity index (χ3n) is 6.74. The topological polar surface area (TPSA) is 83.8 Å². The van der Waals surface area contributed by atoms with Crippen LogP contribution in [0.2, 0.25) is 0 Å². The number of rotatable bonds is 6. The van der Waals surface area contributed by atoms with Crippen LogP contribution < -0.4 is 0 Å². The quantitative estimate of drug-likeness (QED) is 0.566. The van der Waals surface area contributed by atoms with Crippen molar-refractivity contribution in [1.29, 1.82) is 0 Å². The van der Waals surface area contributed by atoms with Crippen molar-refractivity contribution in [3.63, 3.8) is 0 Å². The first kappa shape index (κ1) is 25.0. The number of carbonyl (C=O) groups excluding carboxylic acids is 1. The number of carboxylic acid groups (broad SMARTS) is 1. The Morgan fingerprint density at radius 2 is 1.97 bits per heavy atom. The van der Waals surface area contributed by atoms with Gasteiger partial charge >= 0.3 is 5.97 Å². The molecule has 6 heteroatoms. The van der Waals surface area contributed by atoms with Crippen molar-refractivity contribution in [2.24, 2.45) is 17.3 Å². The minimum Gasteiger partial charge on any atom is -0.477 e. The zero-order valence-electron chi connectivity index (χ0n) is 19.7. The highest BCUT2D eigenvalue weighted by Crippen LogP contribution is 2.47. The molecule has 1 saturated heterocycles. The maximum atomic E-state index is 13.9. The Morgan fingerprint density at radius 3 is 2.56 bits per heavy atom. The molecule has 176 valence electrons. The second kappa shape index (κ2) is 10.1. The molecule has 5 nitrogen and oxygen atoms in total. The van der Waals surface area contributed by atoms with E-state index in [1.54, 1.807) is 6.92 Å². The van der Waals surface area contributed by atoms with E-state index >= 15 is 0 Å². The van der Waals surface area contributed by atoms with Crippen molar-refractivity contribution in [2.45, 2.75) is 84.2 Å². The fraction of sp³-hybridized carbons (Fsp3) is 0.692. The lowest BCUT2D eigenvalue weighted by Crippen LogP contribution is -2.52. The molecule has 2 heterocycles. The molecule has 1 unspecified atom stereocenters. The van der Waals surface area contributed by atoms with E-state index in [0.29, 0.717) is 35.8 Å². The average molecular weight is 461 g/mol. The molecule has 2 fully saturated rings. The van der Waals surface area contributed by atoms with Gasteiger partial charge in [-0.05, 0) is 64.0 Å². The van der Waals surface area contributed by atoms with Crippen LogP contribution in [0.5, 0.6) is 0 Å². The van der Waals surface area contributed by atoms with Crippen molar-refractivity contribution in [3.05, 3.63) is 21.4 Å². The lowest BCUT2D eigenvalue weighted by atomic mass is 9.66. The molecule has 0 spiro atoms. The van der Waals surface area contributed by atoms with Gasteiger partial charge < -0.3 is 14.9 Å². The summed E-state index contributed by atoms with van der Waals surface area (Å²) >= 11 is 1.16. The SMILES string of the molecule is CC(C)(C)C#Cc1cc(C2C(=O)[C@](C)(CCCO)OC[C@H]2C2CCCCC2)c(C(=O)O)s1. The van der Waals surface area contributed by atoms with Crippen LogP contribution in [0.25, 0.3) is 0 Å². The predicted molar refractivity (Wildman–Crippen MR) is 126 cm³/mol. The molecule has 2 aliphatic rings. The number of Topliss-reactive ketones (excluding diaryl/α,β-unsaturated/α-hetero) is 1. The number of hydrogen-bond donors (Lipinski definition) is 2. The van der Waals surface area contributed by atoms with Crippen molar-refractivity contribution in [3.8, 4) is 11.8 Å². The van der Waals surface area contributed by atoms with E-state index in [1.807, 2.05) is 26.8 Å². The summed E-state index contributed by atoms with van der Waals surface area (Å²) in [6.45, 7) is 8.28. The van der Waals surface area contributed by atoms with Crippen LogP contribution in [0.1, 0.15) is 98.7 Å². The molecule has 1 aromatic rings. The maximum absolute atomic E-state index is 13.9. The second-order valence-corrected chi connectivity index (χ2v) is 11.5. The number of aromatic carboxylic acids is 1.